The lowest BCUT2D eigenvalue weighted by Gasteiger charge is -2.06. The first-order valence-corrected chi connectivity index (χ1v) is 7.60. The first-order valence-electron chi connectivity index (χ1n) is 7.60. The number of benzene rings is 2. The van der Waals surface area contributed by atoms with Gasteiger partial charge in [0.2, 0.25) is 0 Å². The number of nitrogens with zero attached hydrogens (tertiary/aromatic N) is 1. The molecular formula is C19H14N2O6. The number of aromatic carboxylic acids is 1. The largest absolute Gasteiger partial charge is 0.482 e. The van der Waals surface area contributed by atoms with Gasteiger partial charge in [0.15, 0.2) is 6.61 Å². The zero-order valence-electron chi connectivity index (χ0n) is 13.9. The molecule has 0 aliphatic rings. The number of hydrogen-bond donors (Lipinski definition) is 3. The minimum atomic E-state index is -1.12. The number of rotatable bonds is 7. The Kier molecular flexibility index (Phi) is 6.28. The number of amides is 1. The SMILES string of the molecule is N#C/C(=C\c1cccc(OCC(=O)O)c1)C(=O)Nc1ccc(C(=O)O)cc1. The van der Waals surface area contributed by atoms with Crippen molar-refractivity contribution in [3.63, 3.8) is 0 Å². The van der Waals surface area contributed by atoms with Crippen molar-refractivity contribution in [3.8, 4) is 11.8 Å². The smallest absolute Gasteiger partial charge is 0.341 e. The van der Waals surface area contributed by atoms with Crippen LogP contribution in [0.3, 0.4) is 0 Å². The average Bonchev–Trinajstić information content (AvgIpc) is 2.65. The first-order chi connectivity index (χ1) is 12.9. The van der Waals surface area contributed by atoms with Gasteiger partial charge in [-0.15, -0.1) is 0 Å². The second-order valence-corrected chi connectivity index (χ2v) is 5.26. The lowest BCUT2D eigenvalue weighted by atomic mass is 10.1. The topological polar surface area (TPSA) is 137 Å². The van der Waals surface area contributed by atoms with Gasteiger partial charge >= 0.3 is 11.9 Å². The van der Waals surface area contributed by atoms with E-state index in [0.717, 1.165) is 0 Å². The number of aliphatic carboxylic acids is 1. The Morgan fingerprint density at radius 3 is 2.41 bits per heavy atom. The van der Waals surface area contributed by atoms with Crippen LogP contribution in [0.2, 0.25) is 0 Å². The van der Waals surface area contributed by atoms with E-state index in [1.807, 2.05) is 0 Å². The van der Waals surface area contributed by atoms with E-state index < -0.39 is 24.5 Å². The van der Waals surface area contributed by atoms with Crippen molar-refractivity contribution in [2.24, 2.45) is 0 Å². The van der Waals surface area contributed by atoms with Gasteiger partial charge in [0.25, 0.3) is 5.91 Å². The molecule has 0 radical (unpaired) electrons. The number of ether oxygens (including phenoxy) is 1. The fourth-order valence-corrected chi connectivity index (χ4v) is 2.05. The van der Waals surface area contributed by atoms with E-state index in [4.69, 9.17) is 14.9 Å². The second kappa shape index (κ2) is 8.82. The molecule has 0 bridgehead atoms. The summed E-state index contributed by atoms with van der Waals surface area (Å²) >= 11 is 0. The van der Waals surface area contributed by atoms with Crippen LogP contribution in [0, 0.1) is 11.3 Å². The van der Waals surface area contributed by atoms with Crippen molar-refractivity contribution in [1.29, 1.82) is 5.26 Å². The molecule has 0 aliphatic heterocycles. The summed E-state index contributed by atoms with van der Waals surface area (Å²) in [6.45, 7) is -0.509. The van der Waals surface area contributed by atoms with Crippen LogP contribution < -0.4 is 10.1 Å². The van der Waals surface area contributed by atoms with Crippen LogP contribution in [0.15, 0.2) is 54.1 Å². The number of nitrogens with one attached hydrogen (secondary N) is 1. The Labute approximate surface area is 153 Å². The summed E-state index contributed by atoms with van der Waals surface area (Å²) in [5.41, 5.74) is 0.699. The standard InChI is InChI=1S/C19H14N2O6/c20-10-14(8-12-2-1-3-16(9-12)27-11-17(22)23)18(24)21-15-6-4-13(5-7-15)19(25)26/h1-9H,11H2,(H,21,24)(H,22,23)(H,25,26)/b14-8+. The van der Waals surface area contributed by atoms with E-state index in [1.54, 1.807) is 24.3 Å². The molecule has 0 aliphatic carbocycles. The summed E-state index contributed by atoms with van der Waals surface area (Å²) in [6.07, 6.45) is 1.33. The number of carboxylic acid groups (broad SMARTS) is 2. The van der Waals surface area contributed by atoms with Crippen LogP contribution in [0.5, 0.6) is 5.75 Å². The summed E-state index contributed by atoms with van der Waals surface area (Å²) < 4.78 is 5.05. The van der Waals surface area contributed by atoms with Crippen molar-refractivity contribution in [2.45, 2.75) is 0 Å². The fraction of sp³-hybridized carbons (Fsp3) is 0.0526. The number of carbonyl (C=O) groups is 3. The highest BCUT2D eigenvalue weighted by molar-refractivity contribution is 6.09. The molecule has 0 fully saturated rings. The highest BCUT2D eigenvalue weighted by atomic mass is 16.5. The van der Waals surface area contributed by atoms with Crippen molar-refractivity contribution in [2.75, 3.05) is 11.9 Å². The first kappa shape index (κ1) is 19.2. The Morgan fingerprint density at radius 2 is 1.81 bits per heavy atom. The van der Waals surface area contributed by atoms with Gasteiger partial charge in [-0.1, -0.05) is 12.1 Å². The highest BCUT2D eigenvalue weighted by Gasteiger charge is 2.11. The number of carbonyl (C=O) groups excluding carboxylic acids is 1. The maximum absolute atomic E-state index is 12.2. The van der Waals surface area contributed by atoms with E-state index in [-0.39, 0.29) is 16.9 Å². The third-order valence-corrected chi connectivity index (χ3v) is 3.29. The van der Waals surface area contributed by atoms with E-state index in [2.05, 4.69) is 5.32 Å². The molecule has 0 unspecified atom stereocenters. The van der Waals surface area contributed by atoms with Gasteiger partial charge in [-0.25, -0.2) is 9.59 Å². The molecule has 2 rings (SSSR count). The van der Waals surface area contributed by atoms with Crippen LogP contribution in [0.4, 0.5) is 5.69 Å². The van der Waals surface area contributed by atoms with Gasteiger partial charge in [-0.3, -0.25) is 4.79 Å². The van der Waals surface area contributed by atoms with Crippen LogP contribution in [-0.2, 0) is 9.59 Å². The van der Waals surface area contributed by atoms with Gasteiger partial charge in [0, 0.05) is 5.69 Å². The lowest BCUT2D eigenvalue weighted by Crippen LogP contribution is -2.13. The zero-order chi connectivity index (χ0) is 19.8. The second-order valence-electron chi connectivity index (χ2n) is 5.26. The Balaban J connectivity index is 2.14. The zero-order valence-corrected chi connectivity index (χ0v) is 13.9. The van der Waals surface area contributed by atoms with Gasteiger partial charge in [-0.05, 0) is 48.0 Å². The van der Waals surface area contributed by atoms with Crippen molar-refractivity contribution in [3.05, 3.63) is 65.2 Å². The van der Waals surface area contributed by atoms with Crippen LogP contribution >= 0.6 is 0 Å². The molecule has 1 amide bonds. The minimum absolute atomic E-state index is 0.0715. The number of anilines is 1. The molecule has 3 N–H and O–H groups in total. The highest BCUT2D eigenvalue weighted by Crippen LogP contribution is 2.17. The van der Waals surface area contributed by atoms with Gasteiger partial charge in [0.05, 0.1) is 5.56 Å². The summed E-state index contributed by atoms with van der Waals surface area (Å²) in [7, 11) is 0. The Hall–Kier alpha value is -4.12. The normalized spacial score (nSPS) is 10.6. The Bertz CT molecular complexity index is 941. The molecule has 136 valence electrons. The summed E-state index contributed by atoms with van der Waals surface area (Å²) in [6, 6.07) is 13.5. The average molecular weight is 366 g/mol. The van der Waals surface area contributed by atoms with Gasteiger partial charge in [0.1, 0.15) is 17.4 Å². The van der Waals surface area contributed by atoms with Crippen LogP contribution in [-0.4, -0.2) is 34.7 Å². The monoisotopic (exact) mass is 366 g/mol. The van der Waals surface area contributed by atoms with Crippen LogP contribution in [0.1, 0.15) is 15.9 Å². The van der Waals surface area contributed by atoms with Crippen LogP contribution in [0.25, 0.3) is 6.08 Å². The van der Waals surface area contributed by atoms with Gasteiger partial charge in [-0.2, -0.15) is 5.26 Å². The van der Waals surface area contributed by atoms with Crippen molar-refractivity contribution in [1.82, 2.24) is 0 Å². The Morgan fingerprint density at radius 1 is 1.11 bits per heavy atom. The molecule has 0 spiro atoms. The third-order valence-electron chi connectivity index (χ3n) is 3.29. The molecule has 2 aromatic carbocycles. The predicted octanol–water partition coefficient (Wildman–Crippen LogP) is 2.39. The predicted molar refractivity (Wildman–Crippen MR) is 95.2 cm³/mol. The molecule has 27 heavy (non-hydrogen) atoms. The maximum atomic E-state index is 12.2. The van der Waals surface area contributed by atoms with Crippen molar-refractivity contribution >= 4 is 29.6 Å². The summed E-state index contributed by atoms with van der Waals surface area (Å²) in [4.78, 5) is 33.6. The quantitative estimate of drug-likeness (QED) is 0.505. The van der Waals surface area contributed by atoms with Gasteiger partial charge < -0.3 is 20.3 Å². The van der Waals surface area contributed by atoms with E-state index in [0.29, 0.717) is 11.3 Å². The summed E-state index contributed by atoms with van der Waals surface area (Å²) in [5, 5.41) is 29.2. The molecule has 0 heterocycles. The van der Waals surface area contributed by atoms with E-state index >= 15 is 0 Å². The molecule has 0 saturated heterocycles. The molecule has 2 aromatic rings. The molecule has 0 atom stereocenters. The van der Waals surface area contributed by atoms with E-state index in [1.165, 1.54) is 36.4 Å². The minimum Gasteiger partial charge on any atom is -0.482 e. The molecular weight excluding hydrogens is 352 g/mol. The molecule has 8 heteroatoms. The maximum Gasteiger partial charge on any atom is 0.341 e. The molecule has 0 aromatic heterocycles. The lowest BCUT2D eigenvalue weighted by molar-refractivity contribution is -0.139. The number of hydrogen-bond acceptors (Lipinski definition) is 5. The summed E-state index contributed by atoms with van der Waals surface area (Å²) in [5.74, 6) is -2.59. The molecule has 0 saturated carbocycles. The fourth-order valence-electron chi connectivity index (χ4n) is 2.05. The number of nitriles is 1. The number of carboxylic acids is 2. The molecule has 8 nitrogen and oxygen atoms in total. The van der Waals surface area contributed by atoms with E-state index in [9.17, 15) is 19.6 Å². The third kappa shape index (κ3) is 5.72. The van der Waals surface area contributed by atoms with Crippen molar-refractivity contribution < 1.29 is 29.3 Å².